The van der Waals surface area contributed by atoms with Crippen LogP contribution in [0.4, 0.5) is 5.69 Å². The Balaban J connectivity index is 1.39. The average molecular weight is 407 g/mol. The SMILES string of the molecule is O=C1Nc2ccc(-c3ccco3)cc2C(=O)N2CCN(C(=O)C3CCCCC3)C[C@H]12. The van der Waals surface area contributed by atoms with Gasteiger partial charge in [0.1, 0.15) is 11.8 Å². The molecule has 7 nitrogen and oxygen atoms in total. The minimum absolute atomic E-state index is 0.0582. The van der Waals surface area contributed by atoms with Crippen LogP contribution in [-0.2, 0) is 9.59 Å². The Labute approximate surface area is 175 Å². The van der Waals surface area contributed by atoms with Crippen molar-refractivity contribution in [3.8, 4) is 11.3 Å². The van der Waals surface area contributed by atoms with Gasteiger partial charge in [0.2, 0.25) is 11.8 Å². The zero-order chi connectivity index (χ0) is 20.7. The van der Waals surface area contributed by atoms with Gasteiger partial charge in [-0.05, 0) is 43.2 Å². The van der Waals surface area contributed by atoms with Crippen molar-refractivity contribution in [3.63, 3.8) is 0 Å². The highest BCUT2D eigenvalue weighted by Crippen LogP contribution is 2.31. The molecule has 5 rings (SSSR count). The van der Waals surface area contributed by atoms with Crippen LogP contribution < -0.4 is 5.32 Å². The molecular weight excluding hydrogens is 382 g/mol. The molecule has 30 heavy (non-hydrogen) atoms. The van der Waals surface area contributed by atoms with Gasteiger partial charge in [0, 0.05) is 24.6 Å². The Hall–Kier alpha value is -3.09. The highest BCUT2D eigenvalue weighted by atomic mass is 16.3. The maximum absolute atomic E-state index is 13.3. The minimum Gasteiger partial charge on any atom is -0.464 e. The number of anilines is 1. The van der Waals surface area contributed by atoms with Gasteiger partial charge in [-0.15, -0.1) is 0 Å². The highest BCUT2D eigenvalue weighted by Gasteiger charge is 2.41. The van der Waals surface area contributed by atoms with E-state index >= 15 is 0 Å². The van der Waals surface area contributed by atoms with Crippen molar-refractivity contribution < 1.29 is 18.8 Å². The molecule has 1 aliphatic carbocycles. The summed E-state index contributed by atoms with van der Waals surface area (Å²) in [7, 11) is 0. The van der Waals surface area contributed by atoms with E-state index in [1.54, 1.807) is 34.3 Å². The Morgan fingerprint density at radius 1 is 1.07 bits per heavy atom. The Kier molecular flexibility index (Phi) is 4.81. The number of fused-ring (bicyclic) bond motifs is 2. The third-order valence-corrected chi connectivity index (χ3v) is 6.52. The molecule has 0 unspecified atom stereocenters. The van der Waals surface area contributed by atoms with Gasteiger partial charge in [-0.25, -0.2) is 0 Å². The molecule has 1 saturated carbocycles. The number of amides is 3. The summed E-state index contributed by atoms with van der Waals surface area (Å²) in [5, 5.41) is 2.89. The van der Waals surface area contributed by atoms with Crippen LogP contribution in [-0.4, -0.2) is 53.2 Å². The zero-order valence-electron chi connectivity index (χ0n) is 16.8. The quantitative estimate of drug-likeness (QED) is 0.829. The third-order valence-electron chi connectivity index (χ3n) is 6.52. The first kappa shape index (κ1) is 18.9. The van der Waals surface area contributed by atoms with Crippen molar-refractivity contribution in [2.45, 2.75) is 38.1 Å². The second-order valence-corrected chi connectivity index (χ2v) is 8.36. The summed E-state index contributed by atoms with van der Waals surface area (Å²) >= 11 is 0. The van der Waals surface area contributed by atoms with E-state index < -0.39 is 6.04 Å². The van der Waals surface area contributed by atoms with E-state index in [0.717, 1.165) is 31.2 Å². The highest BCUT2D eigenvalue weighted by molar-refractivity contribution is 6.10. The predicted molar refractivity (Wildman–Crippen MR) is 111 cm³/mol. The van der Waals surface area contributed by atoms with Crippen molar-refractivity contribution in [2.24, 2.45) is 5.92 Å². The second-order valence-electron chi connectivity index (χ2n) is 8.36. The smallest absolute Gasteiger partial charge is 0.256 e. The molecule has 0 spiro atoms. The fourth-order valence-electron chi connectivity index (χ4n) is 4.86. The van der Waals surface area contributed by atoms with Crippen LogP contribution in [0.2, 0.25) is 0 Å². The maximum Gasteiger partial charge on any atom is 0.256 e. The van der Waals surface area contributed by atoms with Crippen molar-refractivity contribution >= 4 is 23.4 Å². The number of piperazine rings is 1. The summed E-state index contributed by atoms with van der Waals surface area (Å²) in [4.78, 5) is 42.6. The second kappa shape index (κ2) is 7.63. The predicted octanol–water partition coefficient (Wildman–Crippen LogP) is 3.13. The Morgan fingerprint density at radius 2 is 1.90 bits per heavy atom. The number of furan rings is 1. The monoisotopic (exact) mass is 407 g/mol. The normalized spacial score (nSPS) is 22.2. The lowest BCUT2D eigenvalue weighted by atomic mass is 9.88. The number of nitrogens with zero attached hydrogens (tertiary/aromatic N) is 2. The molecule has 0 radical (unpaired) electrons. The summed E-state index contributed by atoms with van der Waals surface area (Å²) in [5.74, 6) is 0.431. The Morgan fingerprint density at radius 3 is 2.67 bits per heavy atom. The molecule has 1 saturated heterocycles. The van der Waals surface area contributed by atoms with Crippen LogP contribution >= 0.6 is 0 Å². The van der Waals surface area contributed by atoms with E-state index in [0.29, 0.717) is 30.1 Å². The van der Waals surface area contributed by atoms with Crippen LogP contribution in [0.1, 0.15) is 42.5 Å². The molecule has 3 heterocycles. The minimum atomic E-state index is -0.668. The first-order chi connectivity index (χ1) is 14.6. The van der Waals surface area contributed by atoms with Gasteiger partial charge < -0.3 is 19.5 Å². The van der Waals surface area contributed by atoms with Crippen molar-refractivity contribution in [3.05, 3.63) is 42.2 Å². The van der Waals surface area contributed by atoms with Crippen LogP contribution in [0.3, 0.4) is 0 Å². The van der Waals surface area contributed by atoms with Crippen LogP contribution in [0.15, 0.2) is 41.0 Å². The molecule has 2 aromatic rings. The first-order valence-electron chi connectivity index (χ1n) is 10.7. The lowest BCUT2D eigenvalue weighted by molar-refractivity contribution is -0.140. The van der Waals surface area contributed by atoms with E-state index in [4.69, 9.17) is 4.42 Å². The molecule has 2 aliphatic heterocycles. The van der Waals surface area contributed by atoms with Crippen LogP contribution in [0.5, 0.6) is 0 Å². The number of hydrogen-bond acceptors (Lipinski definition) is 4. The summed E-state index contributed by atoms with van der Waals surface area (Å²) in [6.45, 7) is 1.09. The lowest BCUT2D eigenvalue weighted by Crippen LogP contribution is -2.60. The topological polar surface area (TPSA) is 82.9 Å². The van der Waals surface area contributed by atoms with Crippen molar-refractivity contribution in [1.82, 2.24) is 9.80 Å². The third kappa shape index (κ3) is 3.28. The molecule has 7 heteroatoms. The summed E-state index contributed by atoms with van der Waals surface area (Å²) in [5.41, 5.74) is 1.73. The van der Waals surface area contributed by atoms with Gasteiger partial charge in [0.15, 0.2) is 0 Å². The number of nitrogens with one attached hydrogen (secondary N) is 1. The van der Waals surface area contributed by atoms with Gasteiger partial charge in [0.25, 0.3) is 5.91 Å². The van der Waals surface area contributed by atoms with E-state index in [2.05, 4.69) is 5.32 Å². The molecular formula is C23H25N3O4. The molecule has 3 aliphatic rings. The fourth-order valence-corrected chi connectivity index (χ4v) is 4.86. The van der Waals surface area contributed by atoms with Gasteiger partial charge in [-0.3, -0.25) is 14.4 Å². The number of hydrogen-bond donors (Lipinski definition) is 1. The Bertz CT molecular complexity index is 978. The van der Waals surface area contributed by atoms with E-state index in [9.17, 15) is 14.4 Å². The molecule has 0 bridgehead atoms. The number of carbonyl (C=O) groups excluding carboxylic acids is 3. The van der Waals surface area contributed by atoms with E-state index in [-0.39, 0.29) is 30.2 Å². The van der Waals surface area contributed by atoms with E-state index in [1.807, 2.05) is 12.1 Å². The molecule has 1 aromatic carbocycles. The summed E-state index contributed by atoms with van der Waals surface area (Å²) < 4.78 is 5.45. The largest absolute Gasteiger partial charge is 0.464 e. The van der Waals surface area contributed by atoms with E-state index in [1.165, 1.54) is 6.42 Å². The van der Waals surface area contributed by atoms with Crippen molar-refractivity contribution in [1.29, 1.82) is 0 Å². The summed E-state index contributed by atoms with van der Waals surface area (Å²) in [6.07, 6.45) is 6.81. The standard InChI is InChI=1S/C23H25N3O4/c27-21-19-14-25(22(28)15-5-2-1-3-6-15)10-11-26(19)23(29)17-13-16(8-9-18(17)24-21)20-7-4-12-30-20/h4,7-9,12-13,15,19H,1-3,5-6,10-11,14H2,(H,24,27)/t19-/m1/s1. The zero-order valence-corrected chi connectivity index (χ0v) is 16.8. The maximum atomic E-state index is 13.3. The van der Waals surface area contributed by atoms with Crippen LogP contribution in [0.25, 0.3) is 11.3 Å². The number of rotatable bonds is 2. The first-order valence-corrected chi connectivity index (χ1v) is 10.7. The molecule has 156 valence electrons. The lowest BCUT2D eigenvalue weighted by Gasteiger charge is -2.40. The van der Waals surface area contributed by atoms with Crippen LogP contribution in [0, 0.1) is 5.92 Å². The van der Waals surface area contributed by atoms with Gasteiger partial charge in [0.05, 0.1) is 24.1 Å². The molecule has 2 fully saturated rings. The fraction of sp³-hybridized carbons (Fsp3) is 0.435. The van der Waals surface area contributed by atoms with Gasteiger partial charge >= 0.3 is 0 Å². The van der Waals surface area contributed by atoms with Crippen molar-refractivity contribution in [2.75, 3.05) is 25.0 Å². The number of benzene rings is 1. The average Bonchev–Trinajstić information content (AvgIpc) is 3.30. The van der Waals surface area contributed by atoms with Gasteiger partial charge in [-0.2, -0.15) is 0 Å². The van der Waals surface area contributed by atoms with Gasteiger partial charge in [-0.1, -0.05) is 19.3 Å². The number of carbonyl (C=O) groups is 3. The molecule has 1 aromatic heterocycles. The molecule has 3 amide bonds. The molecule has 1 N–H and O–H groups in total. The molecule has 1 atom stereocenters. The summed E-state index contributed by atoms with van der Waals surface area (Å²) in [6, 6.07) is 8.29.